The van der Waals surface area contributed by atoms with Crippen LogP contribution in [0.3, 0.4) is 0 Å². The van der Waals surface area contributed by atoms with Crippen molar-refractivity contribution in [1.29, 1.82) is 0 Å². The Morgan fingerprint density at radius 1 is 1.38 bits per heavy atom. The van der Waals surface area contributed by atoms with Crippen LogP contribution in [0.2, 0.25) is 0 Å². The Morgan fingerprint density at radius 2 is 2.19 bits per heavy atom. The lowest BCUT2D eigenvalue weighted by molar-refractivity contribution is 0.254. The molecule has 0 atom stereocenters. The van der Waals surface area contributed by atoms with E-state index in [0.29, 0.717) is 11.6 Å². The molecule has 0 spiro atoms. The Kier molecular flexibility index (Phi) is 4.16. The molecule has 0 aromatic carbocycles. The molecule has 1 aliphatic carbocycles. The van der Waals surface area contributed by atoms with Crippen molar-refractivity contribution in [3.05, 3.63) is 6.20 Å². The fourth-order valence-corrected chi connectivity index (χ4v) is 2.91. The van der Waals surface area contributed by atoms with Crippen molar-refractivity contribution in [2.45, 2.75) is 31.7 Å². The predicted molar refractivity (Wildman–Crippen MR) is 82.9 cm³/mol. The van der Waals surface area contributed by atoms with Crippen LogP contribution in [0, 0.1) is 0 Å². The molecule has 5 N–H and O–H groups in total. The van der Waals surface area contributed by atoms with Gasteiger partial charge in [0.1, 0.15) is 5.82 Å². The number of fused-ring (bicyclic) bond motifs is 1. The molecule has 1 fully saturated rings. The molecule has 0 amide bonds. The maximum Gasteiger partial charge on any atom is 0.241 e. The number of nitrogen functional groups attached to an aromatic ring is 1. The molecule has 0 unspecified atom stereocenters. The van der Waals surface area contributed by atoms with Crippen LogP contribution in [-0.2, 0) is 0 Å². The number of aromatic nitrogens is 4. The number of hydrazine groups is 1. The van der Waals surface area contributed by atoms with Crippen molar-refractivity contribution < 1.29 is 0 Å². The van der Waals surface area contributed by atoms with Crippen molar-refractivity contribution >= 4 is 22.8 Å². The summed E-state index contributed by atoms with van der Waals surface area (Å²) in [6.45, 7) is 1.81. The molecule has 2 aromatic heterocycles. The number of hydrogen-bond acceptors (Lipinski definition) is 7. The normalized spacial score (nSPS) is 16.0. The van der Waals surface area contributed by atoms with Gasteiger partial charge in [0.15, 0.2) is 5.65 Å². The van der Waals surface area contributed by atoms with Crippen LogP contribution in [0.5, 0.6) is 0 Å². The number of nitrogens with two attached hydrogens (primary N) is 1. The first-order chi connectivity index (χ1) is 10.3. The SMILES string of the molecule is CN(CCNc1nc(NN)nc2[nH]ncc12)C1CCCC1. The minimum absolute atomic E-state index is 0.374. The Labute approximate surface area is 123 Å². The predicted octanol–water partition coefficient (Wildman–Crippen LogP) is 0.925. The summed E-state index contributed by atoms with van der Waals surface area (Å²) >= 11 is 0. The van der Waals surface area contributed by atoms with Crippen LogP contribution >= 0.6 is 0 Å². The van der Waals surface area contributed by atoms with Crippen LogP contribution < -0.4 is 16.6 Å². The third-order valence-electron chi connectivity index (χ3n) is 4.14. The molecule has 0 radical (unpaired) electrons. The summed E-state index contributed by atoms with van der Waals surface area (Å²) in [6.07, 6.45) is 7.07. The van der Waals surface area contributed by atoms with Gasteiger partial charge in [-0.1, -0.05) is 12.8 Å². The average molecular weight is 290 g/mol. The fourth-order valence-electron chi connectivity index (χ4n) is 2.91. The second-order valence-corrected chi connectivity index (χ2v) is 5.52. The van der Waals surface area contributed by atoms with Crippen molar-refractivity contribution in [3.8, 4) is 0 Å². The van der Waals surface area contributed by atoms with Gasteiger partial charge in [-0.05, 0) is 19.9 Å². The number of likely N-dealkylation sites (N-methyl/N-ethyl adjacent to an activating group) is 1. The van der Waals surface area contributed by atoms with E-state index in [-0.39, 0.29) is 0 Å². The van der Waals surface area contributed by atoms with E-state index < -0.39 is 0 Å². The highest BCUT2D eigenvalue weighted by molar-refractivity contribution is 5.86. The van der Waals surface area contributed by atoms with E-state index in [0.717, 1.165) is 30.3 Å². The highest BCUT2D eigenvalue weighted by Crippen LogP contribution is 2.22. The third-order valence-corrected chi connectivity index (χ3v) is 4.14. The van der Waals surface area contributed by atoms with E-state index >= 15 is 0 Å². The van der Waals surface area contributed by atoms with Crippen molar-refractivity contribution in [2.75, 3.05) is 30.9 Å². The first-order valence-electron chi connectivity index (χ1n) is 7.40. The minimum atomic E-state index is 0.374. The van der Waals surface area contributed by atoms with Gasteiger partial charge in [-0.15, -0.1) is 0 Å². The molecule has 3 rings (SSSR count). The third kappa shape index (κ3) is 3.06. The van der Waals surface area contributed by atoms with Gasteiger partial charge in [-0.2, -0.15) is 15.1 Å². The molecule has 114 valence electrons. The molecular formula is C13H22N8. The summed E-state index contributed by atoms with van der Waals surface area (Å²) in [5.41, 5.74) is 3.14. The maximum absolute atomic E-state index is 5.39. The zero-order valence-corrected chi connectivity index (χ0v) is 12.3. The smallest absolute Gasteiger partial charge is 0.241 e. The number of aromatic amines is 1. The van der Waals surface area contributed by atoms with Crippen LogP contribution in [-0.4, -0.2) is 51.2 Å². The molecule has 0 bridgehead atoms. The molecular weight excluding hydrogens is 268 g/mol. The maximum atomic E-state index is 5.39. The zero-order valence-electron chi connectivity index (χ0n) is 12.3. The number of rotatable bonds is 6. The molecule has 0 aliphatic heterocycles. The standard InChI is InChI=1S/C13H22N8/c1-21(9-4-2-3-5-9)7-6-15-11-10-8-16-20-12(10)18-13(17-11)19-14/h8-9H,2-7,14H2,1H3,(H3,15,16,17,18,19,20). The lowest BCUT2D eigenvalue weighted by Crippen LogP contribution is -2.33. The molecule has 8 nitrogen and oxygen atoms in total. The van der Waals surface area contributed by atoms with Crippen molar-refractivity contribution in [2.24, 2.45) is 5.84 Å². The van der Waals surface area contributed by atoms with E-state index in [1.807, 2.05) is 0 Å². The van der Waals surface area contributed by atoms with Gasteiger partial charge >= 0.3 is 0 Å². The van der Waals surface area contributed by atoms with Gasteiger partial charge < -0.3 is 10.2 Å². The molecule has 1 aliphatic rings. The van der Waals surface area contributed by atoms with E-state index in [4.69, 9.17) is 5.84 Å². The topological polar surface area (TPSA) is 108 Å². The number of hydrogen-bond donors (Lipinski definition) is 4. The summed E-state index contributed by atoms with van der Waals surface area (Å²) in [6, 6.07) is 0.729. The monoisotopic (exact) mass is 290 g/mol. The van der Waals surface area contributed by atoms with Crippen molar-refractivity contribution in [3.63, 3.8) is 0 Å². The largest absolute Gasteiger partial charge is 0.368 e. The van der Waals surface area contributed by atoms with E-state index in [1.165, 1.54) is 25.7 Å². The number of anilines is 2. The highest BCUT2D eigenvalue weighted by Gasteiger charge is 2.19. The van der Waals surface area contributed by atoms with Gasteiger partial charge in [0, 0.05) is 19.1 Å². The van der Waals surface area contributed by atoms with E-state index in [9.17, 15) is 0 Å². The molecule has 1 saturated carbocycles. The van der Waals surface area contributed by atoms with Crippen molar-refractivity contribution in [1.82, 2.24) is 25.1 Å². The van der Waals surface area contributed by atoms with Gasteiger partial charge in [-0.3, -0.25) is 10.5 Å². The average Bonchev–Trinajstić information content (AvgIpc) is 3.17. The Bertz CT molecular complexity index is 589. The summed E-state index contributed by atoms with van der Waals surface area (Å²) in [5, 5.41) is 11.1. The number of nitrogens with one attached hydrogen (secondary N) is 3. The Morgan fingerprint density at radius 3 is 2.95 bits per heavy atom. The first-order valence-corrected chi connectivity index (χ1v) is 7.40. The van der Waals surface area contributed by atoms with Crippen LogP contribution in [0.25, 0.3) is 11.0 Å². The summed E-state index contributed by atoms with van der Waals surface area (Å²) in [4.78, 5) is 11.0. The van der Waals surface area contributed by atoms with Crippen LogP contribution in [0.4, 0.5) is 11.8 Å². The van der Waals surface area contributed by atoms with Crippen LogP contribution in [0.1, 0.15) is 25.7 Å². The van der Waals surface area contributed by atoms with Gasteiger partial charge in [0.25, 0.3) is 0 Å². The molecule has 21 heavy (non-hydrogen) atoms. The van der Waals surface area contributed by atoms with Gasteiger partial charge in [-0.25, -0.2) is 5.84 Å². The quantitative estimate of drug-likeness (QED) is 0.463. The first kappa shape index (κ1) is 14.0. The number of nitrogens with zero attached hydrogens (tertiary/aromatic N) is 4. The fraction of sp³-hybridized carbons (Fsp3) is 0.615. The van der Waals surface area contributed by atoms with Gasteiger partial charge in [0.2, 0.25) is 5.95 Å². The Hall–Kier alpha value is -1.93. The summed E-state index contributed by atoms with van der Waals surface area (Å²) < 4.78 is 0. The lowest BCUT2D eigenvalue weighted by atomic mass is 10.2. The second kappa shape index (κ2) is 6.23. The van der Waals surface area contributed by atoms with Crippen LogP contribution in [0.15, 0.2) is 6.20 Å². The van der Waals surface area contributed by atoms with E-state index in [2.05, 4.69) is 42.9 Å². The zero-order chi connectivity index (χ0) is 14.7. The molecule has 8 heteroatoms. The van der Waals surface area contributed by atoms with E-state index in [1.54, 1.807) is 6.20 Å². The highest BCUT2D eigenvalue weighted by atomic mass is 15.3. The lowest BCUT2D eigenvalue weighted by Gasteiger charge is -2.24. The van der Waals surface area contributed by atoms with Gasteiger partial charge in [0.05, 0.1) is 11.6 Å². The minimum Gasteiger partial charge on any atom is -0.368 e. The Balaban J connectivity index is 1.63. The summed E-state index contributed by atoms with van der Waals surface area (Å²) in [7, 11) is 2.19. The number of H-pyrrole nitrogens is 1. The summed E-state index contributed by atoms with van der Waals surface area (Å²) in [5.74, 6) is 6.52. The molecule has 2 aromatic rings. The molecule has 2 heterocycles. The molecule has 0 saturated heterocycles. The second-order valence-electron chi connectivity index (χ2n) is 5.52.